The van der Waals surface area contributed by atoms with Crippen LogP contribution in [-0.2, 0) is 6.54 Å². The van der Waals surface area contributed by atoms with Crippen molar-refractivity contribution in [2.45, 2.75) is 18.6 Å². The van der Waals surface area contributed by atoms with E-state index in [1.165, 1.54) is 5.56 Å². The molecule has 0 bridgehead atoms. The van der Waals surface area contributed by atoms with Crippen LogP contribution in [0.4, 0.5) is 0 Å². The monoisotopic (exact) mass is 431 g/mol. The molecule has 3 nitrogen and oxygen atoms in total. The lowest BCUT2D eigenvalue weighted by Gasteiger charge is -2.20. The summed E-state index contributed by atoms with van der Waals surface area (Å²) in [5.41, 5.74) is 3.37. The first-order valence-electron chi connectivity index (χ1n) is 8.81. The Bertz CT molecular complexity index is 905. The molecule has 144 valence electrons. The minimum absolute atomic E-state index is 0. The third-order valence-electron chi connectivity index (χ3n) is 4.60. The largest absolute Gasteiger partial charge is 0.347 e. The lowest BCUT2D eigenvalue weighted by Crippen LogP contribution is -2.25. The molecule has 3 aromatic rings. The molecule has 0 spiro atoms. The molecule has 0 radical (unpaired) electrons. The van der Waals surface area contributed by atoms with Gasteiger partial charge in [-0.05, 0) is 41.0 Å². The van der Waals surface area contributed by atoms with Crippen molar-refractivity contribution in [3.8, 4) is 0 Å². The number of nitrogens with zero attached hydrogens (tertiary/aromatic N) is 1. The van der Waals surface area contributed by atoms with Crippen LogP contribution in [0.3, 0.4) is 0 Å². The highest BCUT2D eigenvalue weighted by Gasteiger charge is 2.33. The van der Waals surface area contributed by atoms with Crippen LogP contribution in [0.5, 0.6) is 0 Å². The van der Waals surface area contributed by atoms with Gasteiger partial charge in [-0.15, -0.1) is 12.4 Å². The fourth-order valence-corrected chi connectivity index (χ4v) is 3.70. The Balaban J connectivity index is 0.00000225. The Labute approximate surface area is 181 Å². The normalized spacial score (nSPS) is 18.0. The Kier molecular flexibility index (Phi) is 6.84. The minimum Gasteiger partial charge on any atom is -0.347 e. The van der Waals surface area contributed by atoms with Crippen molar-refractivity contribution in [3.63, 3.8) is 0 Å². The summed E-state index contributed by atoms with van der Waals surface area (Å²) in [6, 6.07) is 26.0. The van der Waals surface area contributed by atoms with Crippen LogP contribution < -0.4 is 10.6 Å². The summed E-state index contributed by atoms with van der Waals surface area (Å²) in [6.07, 6.45) is 0. The molecule has 6 heteroatoms. The van der Waals surface area contributed by atoms with Crippen LogP contribution in [0.25, 0.3) is 0 Å². The smallest absolute Gasteiger partial charge is 0.192 e. The van der Waals surface area contributed by atoms with Gasteiger partial charge in [0, 0.05) is 10.0 Å². The second-order valence-electron chi connectivity index (χ2n) is 6.50. The van der Waals surface area contributed by atoms with Gasteiger partial charge in [-0.3, -0.25) is 0 Å². The maximum absolute atomic E-state index is 6.22. The summed E-state index contributed by atoms with van der Waals surface area (Å²) < 4.78 is 0. The molecule has 0 aromatic heterocycles. The molecule has 2 unspecified atom stereocenters. The van der Waals surface area contributed by atoms with Gasteiger partial charge in [-0.2, -0.15) is 0 Å². The Hall–Kier alpha value is -2.20. The third kappa shape index (κ3) is 4.79. The van der Waals surface area contributed by atoms with Gasteiger partial charge in [0.15, 0.2) is 5.96 Å². The predicted molar refractivity (Wildman–Crippen MR) is 119 cm³/mol. The maximum atomic E-state index is 6.22. The summed E-state index contributed by atoms with van der Waals surface area (Å²) in [5, 5.41) is 8.45. The van der Waals surface area contributed by atoms with Crippen LogP contribution >= 0.6 is 35.6 Å². The molecule has 4 rings (SSSR count). The van der Waals surface area contributed by atoms with E-state index in [4.69, 9.17) is 28.2 Å². The maximum Gasteiger partial charge on any atom is 0.192 e. The molecule has 0 saturated carbocycles. The summed E-state index contributed by atoms with van der Waals surface area (Å²) >= 11 is 12.4. The first kappa shape index (κ1) is 20.5. The van der Waals surface area contributed by atoms with Crippen LogP contribution in [-0.4, -0.2) is 5.96 Å². The van der Waals surface area contributed by atoms with Crippen molar-refractivity contribution in [2.24, 2.45) is 4.99 Å². The first-order chi connectivity index (χ1) is 13.2. The summed E-state index contributed by atoms with van der Waals surface area (Å²) in [7, 11) is 0. The quantitative estimate of drug-likeness (QED) is 0.534. The lowest BCUT2D eigenvalue weighted by atomic mass is 9.95. The van der Waals surface area contributed by atoms with Crippen LogP contribution in [0.2, 0.25) is 10.0 Å². The average Bonchev–Trinajstić information content (AvgIpc) is 3.12. The van der Waals surface area contributed by atoms with E-state index in [1.54, 1.807) is 0 Å². The number of rotatable bonds is 4. The van der Waals surface area contributed by atoms with E-state index in [1.807, 2.05) is 54.6 Å². The van der Waals surface area contributed by atoms with Crippen molar-refractivity contribution in [2.75, 3.05) is 0 Å². The van der Waals surface area contributed by atoms with Gasteiger partial charge in [-0.1, -0.05) is 77.8 Å². The number of hydrogen-bond donors (Lipinski definition) is 2. The van der Waals surface area contributed by atoms with Crippen molar-refractivity contribution in [3.05, 3.63) is 106 Å². The molecule has 0 amide bonds. The minimum atomic E-state index is 0. The van der Waals surface area contributed by atoms with Gasteiger partial charge in [0.05, 0.1) is 18.6 Å². The van der Waals surface area contributed by atoms with E-state index in [9.17, 15) is 0 Å². The van der Waals surface area contributed by atoms with Crippen LogP contribution in [0, 0.1) is 0 Å². The molecule has 28 heavy (non-hydrogen) atoms. The molecule has 1 fully saturated rings. The fourth-order valence-electron chi connectivity index (χ4n) is 3.30. The zero-order valence-electron chi connectivity index (χ0n) is 15.0. The zero-order chi connectivity index (χ0) is 18.6. The van der Waals surface area contributed by atoms with Crippen LogP contribution in [0.1, 0.15) is 28.8 Å². The highest BCUT2D eigenvalue weighted by Crippen LogP contribution is 2.34. The average molecular weight is 433 g/mol. The number of halogens is 3. The molecule has 1 heterocycles. The lowest BCUT2D eigenvalue weighted by molar-refractivity contribution is 0.554. The Morgan fingerprint density at radius 2 is 1.25 bits per heavy atom. The molecule has 2 N–H and O–H groups in total. The van der Waals surface area contributed by atoms with Gasteiger partial charge >= 0.3 is 0 Å². The Morgan fingerprint density at radius 3 is 1.75 bits per heavy atom. The fraction of sp³-hybridized carbons (Fsp3) is 0.136. The van der Waals surface area contributed by atoms with Gasteiger partial charge in [0.2, 0.25) is 0 Å². The second kappa shape index (κ2) is 9.33. The van der Waals surface area contributed by atoms with Gasteiger partial charge < -0.3 is 10.6 Å². The summed E-state index contributed by atoms with van der Waals surface area (Å²) in [4.78, 5) is 4.72. The van der Waals surface area contributed by atoms with Crippen molar-refractivity contribution < 1.29 is 0 Å². The second-order valence-corrected chi connectivity index (χ2v) is 7.38. The first-order valence-corrected chi connectivity index (χ1v) is 9.57. The number of nitrogens with one attached hydrogen (secondary N) is 2. The van der Waals surface area contributed by atoms with E-state index in [-0.39, 0.29) is 24.5 Å². The van der Waals surface area contributed by atoms with Crippen molar-refractivity contribution >= 4 is 41.6 Å². The van der Waals surface area contributed by atoms with E-state index in [0.717, 1.165) is 17.1 Å². The zero-order valence-corrected chi connectivity index (χ0v) is 17.3. The number of guanidine groups is 1. The topological polar surface area (TPSA) is 36.4 Å². The van der Waals surface area contributed by atoms with E-state index < -0.39 is 0 Å². The van der Waals surface area contributed by atoms with E-state index in [2.05, 4.69) is 34.9 Å². The molecule has 1 saturated heterocycles. The standard InChI is InChI=1S/C22H19Cl2N3.ClH/c23-18-10-4-8-16(12-18)20-21(17-9-5-11-19(24)13-17)27-22(26-20)25-14-15-6-2-1-3-7-15;/h1-13,20-21H,14H2,(H2,25,26,27);1H. The molecule has 1 aliphatic rings. The molecular formula is C22H20Cl3N3. The van der Waals surface area contributed by atoms with Crippen molar-refractivity contribution in [1.29, 1.82) is 0 Å². The van der Waals surface area contributed by atoms with Crippen molar-refractivity contribution in [1.82, 2.24) is 10.6 Å². The highest BCUT2D eigenvalue weighted by molar-refractivity contribution is 6.30. The highest BCUT2D eigenvalue weighted by atomic mass is 35.5. The summed E-state index contributed by atoms with van der Waals surface area (Å²) in [5.74, 6) is 0.772. The number of benzene rings is 3. The SMILES string of the molecule is Cl.Clc1cccc(C2NC(=NCc3ccccc3)NC2c2cccc(Cl)c2)c1. The number of hydrogen-bond acceptors (Lipinski definition) is 1. The third-order valence-corrected chi connectivity index (χ3v) is 5.07. The summed E-state index contributed by atoms with van der Waals surface area (Å²) in [6.45, 7) is 0.612. The Morgan fingerprint density at radius 1 is 0.714 bits per heavy atom. The predicted octanol–water partition coefficient (Wildman–Crippen LogP) is 5.95. The van der Waals surface area contributed by atoms with E-state index in [0.29, 0.717) is 16.6 Å². The van der Waals surface area contributed by atoms with Gasteiger partial charge in [0.1, 0.15) is 0 Å². The molecule has 0 aliphatic carbocycles. The van der Waals surface area contributed by atoms with Crippen LogP contribution in [0.15, 0.2) is 83.9 Å². The number of aliphatic imine (C=N–C) groups is 1. The van der Waals surface area contributed by atoms with Gasteiger partial charge in [0.25, 0.3) is 0 Å². The van der Waals surface area contributed by atoms with Gasteiger partial charge in [-0.25, -0.2) is 4.99 Å². The van der Waals surface area contributed by atoms with E-state index >= 15 is 0 Å². The molecular weight excluding hydrogens is 413 g/mol. The molecule has 3 aromatic carbocycles. The molecule has 2 atom stereocenters. The molecule has 1 aliphatic heterocycles.